The normalized spacial score (nSPS) is 15.0. The first kappa shape index (κ1) is 23.1. The highest BCUT2D eigenvalue weighted by atomic mass is 19.4. The third kappa shape index (κ3) is 6.43. The number of alkyl halides is 5. The molecule has 2 aromatic rings. The van der Waals surface area contributed by atoms with Gasteiger partial charge in [-0.05, 0) is 0 Å². The van der Waals surface area contributed by atoms with Crippen molar-refractivity contribution < 1.29 is 41.1 Å². The number of aliphatic carboxylic acids is 1. The molecule has 30 heavy (non-hydrogen) atoms. The summed E-state index contributed by atoms with van der Waals surface area (Å²) in [6, 6.07) is 0. The van der Waals surface area contributed by atoms with Crippen molar-refractivity contribution in [1.29, 1.82) is 0 Å². The molecule has 0 saturated carbocycles. The second kappa shape index (κ2) is 9.56. The number of rotatable bonds is 7. The highest BCUT2D eigenvalue weighted by Gasteiger charge is 2.38. The minimum absolute atomic E-state index is 0.0175. The van der Waals surface area contributed by atoms with Gasteiger partial charge in [0.15, 0.2) is 6.61 Å². The second-order valence-corrected chi connectivity index (χ2v) is 6.10. The summed E-state index contributed by atoms with van der Waals surface area (Å²) in [6.07, 6.45) is -2.56. The van der Waals surface area contributed by atoms with Gasteiger partial charge in [-0.1, -0.05) is 11.2 Å². The molecule has 1 aliphatic heterocycles. The number of nitrogens with one attached hydrogen (secondary N) is 1. The first-order valence-corrected chi connectivity index (χ1v) is 8.25. The van der Waals surface area contributed by atoms with Crippen molar-refractivity contribution in [1.82, 2.24) is 25.4 Å². The minimum atomic E-state index is -5.08. The van der Waals surface area contributed by atoms with Crippen molar-refractivity contribution in [2.45, 2.75) is 19.0 Å². The predicted octanol–water partition coefficient (Wildman–Crippen LogP) is 2.12. The molecule has 0 unspecified atom stereocenters. The zero-order valence-electron chi connectivity index (χ0n) is 15.2. The Kier molecular flexibility index (Phi) is 7.37. The largest absolute Gasteiger partial charge is 0.490 e. The van der Waals surface area contributed by atoms with Gasteiger partial charge in [0, 0.05) is 24.9 Å². The number of carboxylic acid groups (broad SMARTS) is 1. The third-order valence-electron chi connectivity index (χ3n) is 3.82. The van der Waals surface area contributed by atoms with Crippen molar-refractivity contribution in [2.75, 3.05) is 19.7 Å². The van der Waals surface area contributed by atoms with Gasteiger partial charge in [0.25, 0.3) is 6.43 Å². The molecule has 2 aromatic heterocycles. The molecule has 0 spiro atoms. The first-order valence-electron chi connectivity index (χ1n) is 8.25. The minimum Gasteiger partial charge on any atom is -0.475 e. The zero-order chi connectivity index (χ0) is 22.4. The molecule has 1 fully saturated rings. The molecule has 0 amide bonds. The highest BCUT2D eigenvalue weighted by molar-refractivity contribution is 5.73. The second-order valence-electron chi connectivity index (χ2n) is 6.10. The maximum atomic E-state index is 12.0. The topological polar surface area (TPSA) is 123 Å². The van der Waals surface area contributed by atoms with Gasteiger partial charge in [-0.25, -0.2) is 23.5 Å². The molecule has 3 rings (SSSR count). The summed E-state index contributed by atoms with van der Waals surface area (Å²) in [5.41, 5.74) is 0.325. The summed E-state index contributed by atoms with van der Waals surface area (Å²) in [7, 11) is 0. The van der Waals surface area contributed by atoms with Crippen LogP contribution in [0.25, 0.3) is 11.5 Å². The van der Waals surface area contributed by atoms with Crippen LogP contribution >= 0.6 is 0 Å². The van der Waals surface area contributed by atoms with Gasteiger partial charge in [0.1, 0.15) is 5.69 Å². The Morgan fingerprint density at radius 1 is 1.37 bits per heavy atom. The van der Waals surface area contributed by atoms with Gasteiger partial charge in [0.05, 0.1) is 12.4 Å². The third-order valence-corrected chi connectivity index (χ3v) is 3.82. The lowest BCUT2D eigenvalue weighted by molar-refractivity contribution is -0.192. The van der Waals surface area contributed by atoms with Crippen LogP contribution in [0.15, 0.2) is 29.6 Å². The molecule has 1 aliphatic rings. The Balaban J connectivity index is 0.000000396. The van der Waals surface area contributed by atoms with E-state index in [0.29, 0.717) is 23.8 Å². The summed E-state index contributed by atoms with van der Waals surface area (Å²) in [6.45, 7) is 4.76. The van der Waals surface area contributed by atoms with E-state index in [1.165, 1.54) is 12.4 Å². The van der Waals surface area contributed by atoms with Crippen molar-refractivity contribution in [2.24, 2.45) is 5.41 Å². The molecule has 3 heterocycles. The maximum absolute atomic E-state index is 12.0. The molecule has 0 radical (unpaired) electrons. The van der Waals surface area contributed by atoms with Crippen molar-refractivity contribution >= 4 is 5.97 Å². The Bertz CT molecular complexity index is 852. The molecule has 164 valence electrons. The van der Waals surface area contributed by atoms with E-state index in [1.807, 2.05) is 6.08 Å². The van der Waals surface area contributed by atoms with Crippen LogP contribution in [0, 0.1) is 5.41 Å². The van der Waals surface area contributed by atoms with Gasteiger partial charge < -0.3 is 19.7 Å². The molecule has 2 N–H and O–H groups in total. The van der Waals surface area contributed by atoms with E-state index in [2.05, 4.69) is 32.0 Å². The van der Waals surface area contributed by atoms with Crippen LogP contribution < -0.4 is 10.1 Å². The number of aromatic nitrogens is 4. The Morgan fingerprint density at radius 3 is 2.47 bits per heavy atom. The van der Waals surface area contributed by atoms with Gasteiger partial charge in [-0.15, -0.1) is 6.58 Å². The van der Waals surface area contributed by atoms with Crippen LogP contribution in [0.1, 0.15) is 5.89 Å². The number of halogens is 5. The van der Waals surface area contributed by atoms with Crippen LogP contribution in [-0.4, -0.2) is 63.5 Å². The van der Waals surface area contributed by atoms with Crippen LogP contribution in [0.4, 0.5) is 22.0 Å². The molecule has 0 aliphatic carbocycles. The van der Waals surface area contributed by atoms with E-state index in [0.717, 1.165) is 13.1 Å². The summed E-state index contributed by atoms with van der Waals surface area (Å²) in [5, 5.41) is 14.2. The summed E-state index contributed by atoms with van der Waals surface area (Å²) >= 11 is 0. The molecule has 9 nitrogen and oxygen atoms in total. The zero-order valence-corrected chi connectivity index (χ0v) is 15.2. The number of hydrogen-bond donors (Lipinski definition) is 2. The van der Waals surface area contributed by atoms with Gasteiger partial charge in [-0.3, -0.25) is 0 Å². The van der Waals surface area contributed by atoms with Crippen molar-refractivity contribution in [3.05, 3.63) is 30.9 Å². The molecule has 14 heteroatoms. The van der Waals surface area contributed by atoms with E-state index < -0.39 is 25.2 Å². The molecular formula is C16H16F5N5O4. The van der Waals surface area contributed by atoms with Crippen LogP contribution in [-0.2, 0) is 11.2 Å². The maximum Gasteiger partial charge on any atom is 0.490 e. The van der Waals surface area contributed by atoms with Crippen LogP contribution in [0.3, 0.4) is 0 Å². The number of carbonyl (C=O) groups is 1. The first-order chi connectivity index (χ1) is 14.0. The molecule has 0 atom stereocenters. The summed E-state index contributed by atoms with van der Waals surface area (Å²) in [5.74, 6) is -1.96. The monoisotopic (exact) mass is 437 g/mol. The average Bonchev–Trinajstić information content (AvgIpc) is 3.11. The number of carboxylic acids is 1. The van der Waals surface area contributed by atoms with E-state index in [4.69, 9.17) is 19.2 Å². The van der Waals surface area contributed by atoms with Gasteiger partial charge in [-0.2, -0.15) is 18.2 Å². The van der Waals surface area contributed by atoms with Gasteiger partial charge >= 0.3 is 12.1 Å². The van der Waals surface area contributed by atoms with E-state index in [-0.39, 0.29) is 11.3 Å². The lowest BCUT2D eigenvalue weighted by Gasteiger charge is -2.38. The number of ether oxygens (including phenoxy) is 1. The van der Waals surface area contributed by atoms with E-state index in [9.17, 15) is 22.0 Å². The fourth-order valence-corrected chi connectivity index (χ4v) is 2.17. The van der Waals surface area contributed by atoms with Crippen LogP contribution in [0.5, 0.6) is 5.88 Å². The fraction of sp³-hybridized carbons (Fsp3) is 0.438. The quantitative estimate of drug-likeness (QED) is 0.495. The lowest BCUT2D eigenvalue weighted by Crippen LogP contribution is -2.53. The smallest absolute Gasteiger partial charge is 0.475 e. The Hall–Kier alpha value is -3.16. The fourth-order valence-electron chi connectivity index (χ4n) is 2.17. The van der Waals surface area contributed by atoms with E-state index >= 15 is 0 Å². The molecule has 0 aromatic carbocycles. The van der Waals surface area contributed by atoms with Crippen LogP contribution in [0.2, 0.25) is 0 Å². The van der Waals surface area contributed by atoms with Crippen molar-refractivity contribution in [3.8, 4) is 17.4 Å². The highest BCUT2D eigenvalue weighted by Crippen LogP contribution is 2.28. The number of nitrogens with zero attached hydrogens (tertiary/aromatic N) is 4. The van der Waals surface area contributed by atoms with Gasteiger partial charge in [0.2, 0.25) is 17.6 Å². The number of hydrogen-bond acceptors (Lipinski definition) is 8. The lowest BCUT2D eigenvalue weighted by atomic mass is 9.79. The molecule has 0 bridgehead atoms. The standard InChI is InChI=1S/C14H15F2N5O2.C2HF3O2/c1-2-14(7-17-8-14)3-11-20-13(21-23-11)9-4-19-12(5-18-9)22-6-10(15)16;3-2(4,5)1(6)7/h2,4-5,10,17H,1,3,6-8H2;(H,6,7). The summed E-state index contributed by atoms with van der Waals surface area (Å²) < 4.78 is 65.8. The average molecular weight is 437 g/mol. The Labute approximate surface area is 166 Å². The van der Waals surface area contributed by atoms with E-state index in [1.54, 1.807) is 0 Å². The molecular weight excluding hydrogens is 421 g/mol. The summed E-state index contributed by atoms with van der Waals surface area (Å²) in [4.78, 5) is 21.1. The molecule has 1 saturated heterocycles. The Morgan fingerprint density at radius 2 is 2.03 bits per heavy atom. The SMILES string of the molecule is C=CC1(Cc2nc(-c3cnc(OCC(F)F)cn3)no2)CNC1.O=C(O)C(F)(F)F. The van der Waals surface area contributed by atoms with Crippen molar-refractivity contribution in [3.63, 3.8) is 0 Å². The predicted molar refractivity (Wildman–Crippen MR) is 89.7 cm³/mol.